The van der Waals surface area contributed by atoms with E-state index >= 15 is 0 Å². The van der Waals surface area contributed by atoms with Gasteiger partial charge >= 0.3 is 0 Å². The first-order valence-corrected chi connectivity index (χ1v) is 8.59. The molecule has 2 heteroatoms. The average Bonchev–Trinajstić information content (AvgIpc) is 2.46. The van der Waals surface area contributed by atoms with Gasteiger partial charge in [0.15, 0.2) is 0 Å². The summed E-state index contributed by atoms with van der Waals surface area (Å²) < 4.78 is 0. The van der Waals surface area contributed by atoms with Crippen molar-refractivity contribution < 1.29 is 0 Å². The minimum absolute atomic E-state index is 0.462. The van der Waals surface area contributed by atoms with Crippen molar-refractivity contribution in [1.29, 1.82) is 0 Å². The smallest absolute Gasteiger partial charge is 0.0496 e. The lowest BCUT2D eigenvalue weighted by Crippen LogP contribution is -2.31. The van der Waals surface area contributed by atoms with Crippen LogP contribution in [0.3, 0.4) is 0 Å². The highest BCUT2D eigenvalue weighted by atomic mass is 32.2. The second-order valence-corrected chi connectivity index (χ2v) is 7.17. The van der Waals surface area contributed by atoms with Gasteiger partial charge in [-0.1, -0.05) is 58.3 Å². The molecule has 1 fully saturated rings. The van der Waals surface area contributed by atoms with Crippen molar-refractivity contribution in [3.63, 3.8) is 0 Å². The highest BCUT2D eigenvalue weighted by Gasteiger charge is 2.32. The molecule has 0 spiro atoms. The topological polar surface area (TPSA) is 12.4 Å². The van der Waals surface area contributed by atoms with Crippen LogP contribution in [0.2, 0.25) is 0 Å². The van der Waals surface area contributed by atoms with Crippen molar-refractivity contribution in [2.45, 2.75) is 76.4 Å². The van der Waals surface area contributed by atoms with Gasteiger partial charge in [0.05, 0.1) is 0 Å². The summed E-state index contributed by atoms with van der Waals surface area (Å²) in [6, 6.07) is 0. The van der Waals surface area contributed by atoms with Crippen LogP contribution in [0.15, 0.2) is 16.6 Å². The fourth-order valence-corrected chi connectivity index (χ4v) is 4.20. The first kappa shape index (κ1) is 14.2. The molecular formula is C16H27NS. The zero-order chi connectivity index (χ0) is 12.7. The minimum atomic E-state index is 0.462. The molecule has 2 rings (SSSR count). The summed E-state index contributed by atoms with van der Waals surface area (Å²) in [7, 11) is 0. The molecular weight excluding hydrogens is 238 g/mol. The van der Waals surface area contributed by atoms with Gasteiger partial charge < -0.3 is 0 Å². The molecule has 1 nitrogen and oxygen atoms in total. The van der Waals surface area contributed by atoms with E-state index in [0.717, 1.165) is 0 Å². The van der Waals surface area contributed by atoms with E-state index < -0.39 is 0 Å². The molecule has 1 heterocycles. The van der Waals surface area contributed by atoms with E-state index in [-0.39, 0.29) is 0 Å². The van der Waals surface area contributed by atoms with Gasteiger partial charge in [0, 0.05) is 17.7 Å². The number of nitrogens with zero attached hydrogens (tertiary/aromatic N) is 1. The molecule has 0 aromatic carbocycles. The summed E-state index contributed by atoms with van der Waals surface area (Å²) in [6.07, 6.45) is 18.4. The van der Waals surface area contributed by atoms with Crippen molar-refractivity contribution in [3.8, 4) is 0 Å². The fraction of sp³-hybridized carbons (Fsp3) is 0.812. The van der Waals surface area contributed by atoms with Crippen molar-refractivity contribution in [1.82, 2.24) is 0 Å². The summed E-state index contributed by atoms with van der Waals surface area (Å²) in [5.41, 5.74) is 0.462. The van der Waals surface area contributed by atoms with E-state index in [0.29, 0.717) is 10.7 Å². The summed E-state index contributed by atoms with van der Waals surface area (Å²) >= 11 is 1.97. The zero-order valence-corrected chi connectivity index (χ0v) is 12.6. The van der Waals surface area contributed by atoms with Crippen LogP contribution in [0.25, 0.3) is 0 Å². The maximum absolute atomic E-state index is 4.37. The minimum Gasteiger partial charge on any atom is -0.267 e. The number of thioether (sulfide) groups is 1. The Balaban J connectivity index is 1.96. The number of hydrogen-bond acceptors (Lipinski definition) is 2. The molecule has 18 heavy (non-hydrogen) atoms. The van der Waals surface area contributed by atoms with E-state index in [4.69, 9.17) is 0 Å². The van der Waals surface area contributed by atoms with Gasteiger partial charge in [-0.05, 0) is 23.7 Å². The second-order valence-electron chi connectivity index (χ2n) is 6.12. The van der Waals surface area contributed by atoms with E-state index in [2.05, 4.69) is 23.5 Å². The quantitative estimate of drug-likeness (QED) is 0.604. The fourth-order valence-electron chi connectivity index (χ4n) is 3.19. The average molecular weight is 265 g/mol. The third-order valence-corrected chi connectivity index (χ3v) is 5.79. The molecule has 0 amide bonds. The van der Waals surface area contributed by atoms with Crippen molar-refractivity contribution in [3.05, 3.63) is 11.6 Å². The van der Waals surface area contributed by atoms with Gasteiger partial charge in [0.1, 0.15) is 0 Å². The predicted octanol–water partition coefficient (Wildman–Crippen LogP) is 5.56. The van der Waals surface area contributed by atoms with Crippen LogP contribution in [0.4, 0.5) is 0 Å². The van der Waals surface area contributed by atoms with Crippen molar-refractivity contribution in [2.24, 2.45) is 10.4 Å². The monoisotopic (exact) mass is 265 g/mol. The lowest BCUT2D eigenvalue weighted by molar-refractivity contribution is 0.274. The summed E-state index contributed by atoms with van der Waals surface area (Å²) in [4.78, 5) is 4.37. The highest BCUT2D eigenvalue weighted by Crippen LogP contribution is 2.41. The summed E-state index contributed by atoms with van der Waals surface area (Å²) in [5, 5.41) is 2.77. The Kier molecular flexibility index (Phi) is 5.81. The van der Waals surface area contributed by atoms with Crippen LogP contribution in [-0.2, 0) is 0 Å². The normalized spacial score (nSPS) is 29.7. The summed E-state index contributed by atoms with van der Waals surface area (Å²) in [5.74, 6) is 0. The molecule has 1 atom stereocenters. The second kappa shape index (κ2) is 7.37. The molecule has 102 valence electrons. The van der Waals surface area contributed by atoms with E-state index in [1.807, 2.05) is 18.0 Å². The van der Waals surface area contributed by atoms with E-state index in [1.54, 1.807) is 0 Å². The lowest BCUT2D eigenvalue weighted by atomic mass is 9.77. The van der Waals surface area contributed by atoms with Gasteiger partial charge in [-0.15, -0.1) is 11.8 Å². The first-order valence-electron chi connectivity index (χ1n) is 7.65. The Labute approximate surface area is 117 Å². The largest absolute Gasteiger partial charge is 0.267 e. The Hall–Kier alpha value is -0.240. The highest BCUT2D eigenvalue weighted by molar-refractivity contribution is 8.03. The number of rotatable bonds is 1. The molecule has 1 saturated carbocycles. The molecule has 2 aliphatic rings. The van der Waals surface area contributed by atoms with Gasteiger partial charge in [0.2, 0.25) is 0 Å². The Morgan fingerprint density at radius 3 is 2.00 bits per heavy atom. The third kappa shape index (κ3) is 4.15. The van der Waals surface area contributed by atoms with Crippen LogP contribution >= 0.6 is 11.8 Å². The first-order chi connectivity index (χ1) is 8.81. The Morgan fingerprint density at radius 1 is 0.944 bits per heavy atom. The van der Waals surface area contributed by atoms with Gasteiger partial charge in [-0.3, -0.25) is 4.99 Å². The Bertz CT molecular complexity index is 283. The van der Waals surface area contributed by atoms with Crippen molar-refractivity contribution in [2.75, 3.05) is 0 Å². The maximum atomic E-state index is 4.37. The molecule has 1 unspecified atom stereocenters. The van der Waals surface area contributed by atoms with Gasteiger partial charge in [0.25, 0.3) is 0 Å². The number of hydrogen-bond donors (Lipinski definition) is 0. The van der Waals surface area contributed by atoms with Crippen LogP contribution in [0.1, 0.15) is 71.1 Å². The molecule has 0 N–H and O–H groups in total. The lowest BCUT2D eigenvalue weighted by Gasteiger charge is -2.36. The Morgan fingerprint density at radius 2 is 1.50 bits per heavy atom. The van der Waals surface area contributed by atoms with Crippen molar-refractivity contribution >= 4 is 18.0 Å². The SMILES string of the molecule is CC1(C2C=NC=CS2)CCCCCCCCCC1. The zero-order valence-electron chi connectivity index (χ0n) is 11.7. The van der Waals surface area contributed by atoms with Crippen LogP contribution in [0, 0.1) is 5.41 Å². The standard InChI is InChI=1S/C16H27NS/c1-16(15-14-17-12-13-18-15)10-8-6-4-2-3-5-7-9-11-16/h12-15H,2-11H2,1H3. The van der Waals surface area contributed by atoms with Crippen LogP contribution < -0.4 is 0 Å². The molecule has 0 radical (unpaired) electrons. The molecule has 0 aromatic heterocycles. The maximum Gasteiger partial charge on any atom is 0.0496 e. The molecule has 0 aromatic rings. The predicted molar refractivity (Wildman–Crippen MR) is 83.3 cm³/mol. The van der Waals surface area contributed by atoms with E-state index in [9.17, 15) is 0 Å². The van der Waals surface area contributed by atoms with Crippen LogP contribution in [0.5, 0.6) is 0 Å². The van der Waals surface area contributed by atoms with Gasteiger partial charge in [-0.2, -0.15) is 0 Å². The third-order valence-electron chi connectivity index (χ3n) is 4.53. The van der Waals surface area contributed by atoms with Gasteiger partial charge in [-0.25, -0.2) is 0 Å². The van der Waals surface area contributed by atoms with E-state index in [1.165, 1.54) is 64.2 Å². The number of aliphatic imine (C=N–C) groups is 1. The molecule has 0 bridgehead atoms. The summed E-state index contributed by atoms with van der Waals surface area (Å²) in [6.45, 7) is 2.49. The molecule has 0 saturated heterocycles. The molecule has 1 aliphatic heterocycles. The van der Waals surface area contributed by atoms with Crippen LogP contribution in [-0.4, -0.2) is 11.5 Å². The molecule has 1 aliphatic carbocycles.